The van der Waals surface area contributed by atoms with Gasteiger partial charge in [-0.25, -0.2) is 17.7 Å². The fourth-order valence-electron chi connectivity index (χ4n) is 2.24. The maximum Gasteiger partial charge on any atom is 0.211 e. The van der Waals surface area contributed by atoms with E-state index in [4.69, 9.17) is 4.42 Å². The van der Waals surface area contributed by atoms with Crippen molar-refractivity contribution in [2.45, 2.75) is 39.3 Å². The lowest BCUT2D eigenvalue weighted by atomic mass is 10.1. The molecule has 1 N–H and O–H groups in total. The molecule has 0 radical (unpaired) electrons. The third-order valence-corrected chi connectivity index (χ3v) is 4.84. The van der Waals surface area contributed by atoms with Crippen molar-refractivity contribution in [3.05, 3.63) is 17.3 Å². The van der Waals surface area contributed by atoms with Crippen molar-refractivity contribution >= 4 is 10.0 Å². The minimum atomic E-state index is -3.04. The lowest BCUT2D eigenvalue weighted by molar-refractivity contribution is 0.283. The van der Waals surface area contributed by atoms with E-state index >= 15 is 0 Å². The molecule has 0 saturated carbocycles. The minimum Gasteiger partial charge on any atom is -0.444 e. The van der Waals surface area contributed by atoms with Crippen molar-refractivity contribution in [2.75, 3.05) is 19.3 Å². The molecule has 1 fully saturated rings. The van der Waals surface area contributed by atoms with Gasteiger partial charge in [-0.15, -0.1) is 0 Å². The zero-order chi connectivity index (χ0) is 14.0. The second-order valence-corrected chi connectivity index (χ2v) is 7.05. The third kappa shape index (κ3) is 3.77. The summed E-state index contributed by atoms with van der Waals surface area (Å²) in [6.07, 6.45) is 2.91. The summed E-state index contributed by atoms with van der Waals surface area (Å²) in [6.45, 7) is 5.59. The van der Waals surface area contributed by atoms with Crippen molar-refractivity contribution in [1.82, 2.24) is 14.6 Å². The first-order valence-corrected chi connectivity index (χ1v) is 8.32. The summed E-state index contributed by atoms with van der Waals surface area (Å²) >= 11 is 0. The molecule has 0 aliphatic carbocycles. The Morgan fingerprint density at radius 2 is 2.00 bits per heavy atom. The first kappa shape index (κ1) is 14.5. The molecule has 19 heavy (non-hydrogen) atoms. The van der Waals surface area contributed by atoms with Crippen LogP contribution in [0.2, 0.25) is 0 Å². The molecular formula is C12H21N3O3S. The van der Waals surface area contributed by atoms with Crippen LogP contribution in [0.1, 0.15) is 30.2 Å². The summed E-state index contributed by atoms with van der Waals surface area (Å²) in [5.41, 5.74) is 0.920. The molecule has 1 saturated heterocycles. The summed E-state index contributed by atoms with van der Waals surface area (Å²) < 4.78 is 29.8. The van der Waals surface area contributed by atoms with Gasteiger partial charge in [-0.1, -0.05) is 0 Å². The Morgan fingerprint density at radius 1 is 1.37 bits per heavy atom. The Hall–Kier alpha value is -0.920. The van der Waals surface area contributed by atoms with Gasteiger partial charge in [0.15, 0.2) is 0 Å². The van der Waals surface area contributed by atoms with Crippen LogP contribution in [0.25, 0.3) is 0 Å². The normalized spacial score (nSPS) is 18.9. The summed E-state index contributed by atoms with van der Waals surface area (Å²) in [7, 11) is -3.04. The minimum absolute atomic E-state index is 0.325. The van der Waals surface area contributed by atoms with Crippen molar-refractivity contribution in [3.8, 4) is 0 Å². The maximum absolute atomic E-state index is 11.4. The van der Waals surface area contributed by atoms with Crippen LogP contribution >= 0.6 is 0 Å². The molecule has 2 heterocycles. The van der Waals surface area contributed by atoms with E-state index in [0.717, 1.165) is 24.3 Å². The molecule has 108 valence electrons. The Morgan fingerprint density at radius 3 is 2.47 bits per heavy atom. The third-order valence-electron chi connectivity index (χ3n) is 3.54. The quantitative estimate of drug-likeness (QED) is 0.886. The summed E-state index contributed by atoms with van der Waals surface area (Å²) in [6, 6.07) is 0.325. The number of piperidine rings is 1. The first-order valence-electron chi connectivity index (χ1n) is 6.47. The predicted octanol–water partition coefficient (Wildman–Crippen LogP) is 0.805. The standard InChI is InChI=1S/C12H21N3O3S/c1-9-10(2)18-12(14-9)8-13-11-4-6-15(7-5-11)19(3,16)17/h11,13H,4-8H2,1-3H3. The van der Waals surface area contributed by atoms with Gasteiger partial charge in [-0.05, 0) is 26.7 Å². The number of sulfonamides is 1. The van der Waals surface area contributed by atoms with Gasteiger partial charge in [0.1, 0.15) is 5.76 Å². The Labute approximate surface area is 114 Å². The van der Waals surface area contributed by atoms with Gasteiger partial charge in [0, 0.05) is 19.1 Å². The largest absolute Gasteiger partial charge is 0.444 e. The molecular weight excluding hydrogens is 266 g/mol. The van der Waals surface area contributed by atoms with Crippen LogP contribution < -0.4 is 5.32 Å². The van der Waals surface area contributed by atoms with Crippen molar-refractivity contribution in [2.24, 2.45) is 0 Å². The van der Waals surface area contributed by atoms with Gasteiger partial charge in [-0.2, -0.15) is 0 Å². The van der Waals surface area contributed by atoms with E-state index in [0.29, 0.717) is 31.6 Å². The molecule has 0 atom stereocenters. The lowest BCUT2D eigenvalue weighted by Crippen LogP contribution is -2.44. The lowest BCUT2D eigenvalue weighted by Gasteiger charge is -2.30. The van der Waals surface area contributed by atoms with Gasteiger partial charge >= 0.3 is 0 Å². The average Bonchev–Trinajstić information content (AvgIpc) is 2.66. The van der Waals surface area contributed by atoms with Crippen LogP contribution in [-0.4, -0.2) is 43.1 Å². The van der Waals surface area contributed by atoms with E-state index in [1.165, 1.54) is 10.6 Å². The fraction of sp³-hybridized carbons (Fsp3) is 0.750. The number of nitrogens with zero attached hydrogens (tertiary/aromatic N) is 2. The predicted molar refractivity (Wildman–Crippen MR) is 72.3 cm³/mol. The Balaban J connectivity index is 1.80. The number of aromatic nitrogens is 1. The Bertz CT molecular complexity index is 511. The van der Waals surface area contributed by atoms with Crippen molar-refractivity contribution < 1.29 is 12.8 Å². The molecule has 1 aromatic rings. The van der Waals surface area contributed by atoms with Crippen LogP contribution in [0.5, 0.6) is 0 Å². The van der Waals surface area contributed by atoms with Gasteiger partial charge in [0.05, 0.1) is 18.5 Å². The highest BCUT2D eigenvalue weighted by Crippen LogP contribution is 2.14. The van der Waals surface area contributed by atoms with E-state index in [2.05, 4.69) is 10.3 Å². The number of oxazole rings is 1. The van der Waals surface area contributed by atoms with Gasteiger partial charge in [0.2, 0.25) is 15.9 Å². The van der Waals surface area contributed by atoms with E-state index < -0.39 is 10.0 Å². The molecule has 6 nitrogen and oxygen atoms in total. The van der Waals surface area contributed by atoms with Crippen LogP contribution in [0.15, 0.2) is 4.42 Å². The van der Waals surface area contributed by atoms with E-state index in [1.54, 1.807) is 0 Å². The number of nitrogens with one attached hydrogen (secondary N) is 1. The molecule has 0 unspecified atom stereocenters. The summed E-state index contributed by atoms with van der Waals surface area (Å²) in [4.78, 5) is 4.31. The highest BCUT2D eigenvalue weighted by molar-refractivity contribution is 7.88. The van der Waals surface area contributed by atoms with Crippen molar-refractivity contribution in [1.29, 1.82) is 0 Å². The molecule has 0 bridgehead atoms. The summed E-state index contributed by atoms with van der Waals surface area (Å²) in [5.74, 6) is 1.55. The second-order valence-electron chi connectivity index (χ2n) is 5.07. The van der Waals surface area contributed by atoms with Gasteiger partial charge < -0.3 is 9.73 Å². The molecule has 7 heteroatoms. The van der Waals surface area contributed by atoms with E-state index in [-0.39, 0.29) is 0 Å². The zero-order valence-corrected chi connectivity index (χ0v) is 12.5. The summed E-state index contributed by atoms with van der Waals surface area (Å²) in [5, 5.41) is 3.37. The van der Waals surface area contributed by atoms with Crippen LogP contribution in [0.3, 0.4) is 0 Å². The maximum atomic E-state index is 11.4. The monoisotopic (exact) mass is 287 g/mol. The van der Waals surface area contributed by atoms with Gasteiger partial charge in [0.25, 0.3) is 0 Å². The average molecular weight is 287 g/mol. The molecule has 2 rings (SSSR count). The van der Waals surface area contributed by atoms with E-state index in [9.17, 15) is 8.42 Å². The van der Waals surface area contributed by atoms with Crippen LogP contribution in [-0.2, 0) is 16.6 Å². The molecule has 0 amide bonds. The second kappa shape index (κ2) is 5.60. The smallest absolute Gasteiger partial charge is 0.211 e. The molecule has 0 aromatic carbocycles. The topological polar surface area (TPSA) is 75.4 Å². The van der Waals surface area contributed by atoms with Crippen LogP contribution in [0, 0.1) is 13.8 Å². The molecule has 1 aliphatic heterocycles. The van der Waals surface area contributed by atoms with Crippen molar-refractivity contribution in [3.63, 3.8) is 0 Å². The molecule has 1 aromatic heterocycles. The zero-order valence-electron chi connectivity index (χ0n) is 11.6. The van der Waals surface area contributed by atoms with Gasteiger partial charge in [-0.3, -0.25) is 0 Å². The highest BCUT2D eigenvalue weighted by Gasteiger charge is 2.24. The SMILES string of the molecule is Cc1nc(CNC2CCN(S(C)(=O)=O)CC2)oc1C. The molecule has 1 aliphatic rings. The number of rotatable bonds is 4. The highest BCUT2D eigenvalue weighted by atomic mass is 32.2. The number of aryl methyl sites for hydroxylation is 2. The fourth-order valence-corrected chi connectivity index (χ4v) is 3.11. The number of hydrogen-bond acceptors (Lipinski definition) is 5. The van der Waals surface area contributed by atoms with E-state index in [1.807, 2.05) is 13.8 Å². The number of hydrogen-bond donors (Lipinski definition) is 1. The first-order chi connectivity index (χ1) is 8.86. The molecule has 0 spiro atoms. The Kier molecular flexibility index (Phi) is 4.27. The van der Waals surface area contributed by atoms with Crippen LogP contribution in [0.4, 0.5) is 0 Å².